The van der Waals surface area contributed by atoms with E-state index < -0.39 is 0 Å². The molecule has 1 saturated heterocycles. The Hall–Kier alpha value is -1.69. The van der Waals surface area contributed by atoms with Gasteiger partial charge in [-0.3, -0.25) is 4.79 Å². The minimum Gasteiger partial charge on any atom is -0.350 e. The Bertz CT molecular complexity index is 783. The molecule has 0 bridgehead atoms. The number of nitrogens with zero attached hydrogens (tertiary/aromatic N) is 1. The highest BCUT2D eigenvalue weighted by Crippen LogP contribution is 2.26. The lowest BCUT2D eigenvalue weighted by Gasteiger charge is -2.18. The Morgan fingerprint density at radius 3 is 2.62 bits per heavy atom. The molecule has 2 aromatic rings. The summed E-state index contributed by atoms with van der Waals surface area (Å²) in [4.78, 5) is 20.6. The fourth-order valence-electron chi connectivity index (χ4n) is 3.20. The number of ether oxygens (including phenoxy) is 2. The van der Waals surface area contributed by atoms with E-state index in [1.165, 1.54) is 0 Å². The van der Waals surface area contributed by atoms with Gasteiger partial charge in [-0.15, -0.1) is 0 Å². The fraction of sp³-hybridized carbons (Fsp3) is 0.500. The Morgan fingerprint density at radius 1 is 1.27 bits per heavy atom. The highest BCUT2D eigenvalue weighted by Gasteiger charge is 2.24. The number of aromatic nitrogens is 2. The molecule has 1 N–H and O–H groups in total. The van der Waals surface area contributed by atoms with Gasteiger partial charge in [-0.2, -0.15) is 0 Å². The van der Waals surface area contributed by atoms with Crippen molar-refractivity contribution in [2.75, 3.05) is 13.2 Å². The maximum Gasteiger partial charge on any atom is 0.254 e. The zero-order valence-electron chi connectivity index (χ0n) is 15.3. The molecule has 6 heteroatoms. The zero-order valence-corrected chi connectivity index (χ0v) is 16.0. The van der Waals surface area contributed by atoms with Gasteiger partial charge in [0.1, 0.15) is 5.82 Å². The van der Waals surface area contributed by atoms with Gasteiger partial charge in [0.05, 0.1) is 18.9 Å². The number of rotatable bonds is 7. The molecule has 26 heavy (non-hydrogen) atoms. The average molecular weight is 377 g/mol. The number of benzene rings is 1. The topological polar surface area (TPSA) is 64.2 Å². The van der Waals surface area contributed by atoms with Crippen molar-refractivity contribution in [3.8, 4) is 11.4 Å². The molecule has 1 aliphatic rings. The number of hydrogen-bond acceptors (Lipinski definition) is 4. The third-order valence-electron chi connectivity index (χ3n) is 4.68. The molecule has 0 radical (unpaired) electrons. The van der Waals surface area contributed by atoms with E-state index in [1.807, 2.05) is 12.1 Å². The van der Waals surface area contributed by atoms with Gasteiger partial charge in [0, 0.05) is 22.6 Å². The molecule has 140 valence electrons. The van der Waals surface area contributed by atoms with Gasteiger partial charge in [0.15, 0.2) is 6.29 Å². The molecule has 0 spiro atoms. The van der Waals surface area contributed by atoms with Crippen LogP contribution >= 0.6 is 11.6 Å². The van der Waals surface area contributed by atoms with Crippen LogP contribution in [0.2, 0.25) is 5.02 Å². The summed E-state index contributed by atoms with van der Waals surface area (Å²) in [5.41, 5.74) is 2.22. The van der Waals surface area contributed by atoms with E-state index in [-0.39, 0.29) is 17.8 Å². The van der Waals surface area contributed by atoms with E-state index in [4.69, 9.17) is 26.1 Å². The largest absolute Gasteiger partial charge is 0.350 e. The van der Waals surface area contributed by atoms with Crippen LogP contribution in [0.15, 0.2) is 29.1 Å². The van der Waals surface area contributed by atoms with Crippen LogP contribution in [0.3, 0.4) is 0 Å². The second-order valence-corrected chi connectivity index (χ2v) is 7.14. The van der Waals surface area contributed by atoms with Gasteiger partial charge in [-0.05, 0) is 36.6 Å². The van der Waals surface area contributed by atoms with Crippen LogP contribution in [0.25, 0.3) is 11.4 Å². The predicted molar refractivity (Wildman–Crippen MR) is 103 cm³/mol. The molecule has 0 amide bonds. The van der Waals surface area contributed by atoms with Crippen LogP contribution in [0, 0.1) is 0 Å². The first kappa shape index (κ1) is 19.1. The van der Waals surface area contributed by atoms with Crippen molar-refractivity contribution >= 4 is 11.6 Å². The summed E-state index contributed by atoms with van der Waals surface area (Å²) in [5.74, 6) is 0.765. The van der Waals surface area contributed by atoms with E-state index in [9.17, 15) is 4.79 Å². The number of unbranched alkanes of at least 4 members (excludes halogenated alkanes) is 1. The molecule has 1 fully saturated rings. The second-order valence-electron chi connectivity index (χ2n) is 6.70. The molecule has 2 heterocycles. The Labute approximate surface area is 158 Å². The van der Waals surface area contributed by atoms with Crippen LogP contribution in [0.4, 0.5) is 0 Å². The van der Waals surface area contributed by atoms with Crippen molar-refractivity contribution in [3.05, 3.63) is 50.9 Å². The van der Waals surface area contributed by atoms with Crippen LogP contribution in [0.1, 0.15) is 50.3 Å². The lowest BCUT2D eigenvalue weighted by atomic mass is 9.95. The summed E-state index contributed by atoms with van der Waals surface area (Å²) in [6, 6.07) is 7.32. The summed E-state index contributed by atoms with van der Waals surface area (Å²) in [7, 11) is 0. The Balaban J connectivity index is 1.99. The molecule has 0 saturated carbocycles. The molecule has 1 aromatic carbocycles. The first-order valence-electron chi connectivity index (χ1n) is 9.20. The number of nitrogens with one attached hydrogen (secondary N) is 1. The molecule has 0 aliphatic carbocycles. The van der Waals surface area contributed by atoms with Crippen molar-refractivity contribution in [3.63, 3.8) is 0 Å². The van der Waals surface area contributed by atoms with E-state index in [0.29, 0.717) is 36.0 Å². The monoisotopic (exact) mass is 376 g/mol. The molecule has 1 unspecified atom stereocenters. The number of halogens is 1. The SMILES string of the molecule is CCCCC(C)c1nc(-c2ccc(Cl)cc2)[nH]c(=O)c1CC1OCCO1. The normalized spacial score (nSPS) is 16.1. The standard InChI is InChI=1S/C20H25ClN2O3/c1-3-4-5-13(2)18-16(12-17-25-10-11-26-17)20(24)23-19(22-18)14-6-8-15(21)9-7-14/h6-9,13,17H,3-5,10-12H2,1-2H3,(H,22,23,24). The number of hydrogen-bond donors (Lipinski definition) is 1. The minimum absolute atomic E-state index is 0.123. The molecular weight excluding hydrogens is 352 g/mol. The fourth-order valence-corrected chi connectivity index (χ4v) is 3.33. The van der Waals surface area contributed by atoms with E-state index in [1.54, 1.807) is 12.1 Å². The van der Waals surface area contributed by atoms with E-state index >= 15 is 0 Å². The number of H-pyrrole nitrogens is 1. The molecule has 1 aromatic heterocycles. The zero-order chi connectivity index (χ0) is 18.5. The van der Waals surface area contributed by atoms with Crippen molar-refractivity contribution in [2.45, 2.75) is 51.7 Å². The van der Waals surface area contributed by atoms with Crippen molar-refractivity contribution in [1.82, 2.24) is 9.97 Å². The number of aromatic amines is 1. The quantitative estimate of drug-likeness (QED) is 0.782. The lowest BCUT2D eigenvalue weighted by Crippen LogP contribution is -2.25. The smallest absolute Gasteiger partial charge is 0.254 e. The van der Waals surface area contributed by atoms with E-state index in [2.05, 4.69) is 18.8 Å². The minimum atomic E-state index is -0.364. The van der Waals surface area contributed by atoms with Gasteiger partial charge in [0.2, 0.25) is 0 Å². The molecular formula is C20H25ClN2O3. The second kappa shape index (κ2) is 8.80. The first-order chi connectivity index (χ1) is 12.6. The molecule has 1 atom stereocenters. The maximum atomic E-state index is 12.8. The van der Waals surface area contributed by atoms with Crippen molar-refractivity contribution in [2.24, 2.45) is 0 Å². The van der Waals surface area contributed by atoms with E-state index in [0.717, 1.165) is 30.5 Å². The van der Waals surface area contributed by atoms with Gasteiger partial charge < -0.3 is 14.5 Å². The average Bonchev–Trinajstić information content (AvgIpc) is 3.15. The highest BCUT2D eigenvalue weighted by molar-refractivity contribution is 6.30. The van der Waals surface area contributed by atoms with Gasteiger partial charge in [0.25, 0.3) is 5.56 Å². The Morgan fingerprint density at radius 2 is 1.96 bits per heavy atom. The third-order valence-corrected chi connectivity index (χ3v) is 4.94. The van der Waals surface area contributed by atoms with Crippen LogP contribution in [-0.4, -0.2) is 29.5 Å². The van der Waals surface area contributed by atoms with Crippen LogP contribution in [0.5, 0.6) is 0 Å². The van der Waals surface area contributed by atoms with Crippen LogP contribution < -0.4 is 5.56 Å². The van der Waals surface area contributed by atoms with Gasteiger partial charge >= 0.3 is 0 Å². The van der Waals surface area contributed by atoms with Gasteiger partial charge in [-0.1, -0.05) is 38.3 Å². The van der Waals surface area contributed by atoms with Crippen molar-refractivity contribution < 1.29 is 9.47 Å². The summed E-state index contributed by atoms with van der Waals surface area (Å²) in [6.45, 7) is 5.43. The molecule has 3 rings (SSSR count). The predicted octanol–water partition coefficient (Wildman–Crippen LogP) is 4.30. The summed E-state index contributed by atoms with van der Waals surface area (Å²) >= 11 is 5.97. The molecule has 1 aliphatic heterocycles. The Kier molecular flexibility index (Phi) is 6.46. The van der Waals surface area contributed by atoms with Crippen molar-refractivity contribution in [1.29, 1.82) is 0 Å². The maximum absolute atomic E-state index is 12.8. The first-order valence-corrected chi connectivity index (χ1v) is 9.58. The summed E-state index contributed by atoms with van der Waals surface area (Å²) in [5, 5.41) is 0.653. The van der Waals surface area contributed by atoms with Gasteiger partial charge in [-0.25, -0.2) is 4.98 Å². The summed E-state index contributed by atoms with van der Waals surface area (Å²) < 4.78 is 11.1. The molecule has 5 nitrogen and oxygen atoms in total. The lowest BCUT2D eigenvalue weighted by molar-refractivity contribution is -0.0404. The third kappa shape index (κ3) is 4.53. The van der Waals surface area contributed by atoms with Crippen LogP contribution in [-0.2, 0) is 15.9 Å². The summed E-state index contributed by atoms with van der Waals surface area (Å²) in [6.07, 6.45) is 3.27. The highest BCUT2D eigenvalue weighted by atomic mass is 35.5.